The third kappa shape index (κ3) is 2.50. The van der Waals surface area contributed by atoms with Gasteiger partial charge in [0.1, 0.15) is 17.5 Å². The molecule has 2 aromatic rings. The van der Waals surface area contributed by atoms with Crippen LogP contribution in [0.1, 0.15) is 30.8 Å². The zero-order valence-corrected chi connectivity index (χ0v) is 12.6. The van der Waals surface area contributed by atoms with Crippen LogP contribution in [-0.4, -0.2) is 19.6 Å². The van der Waals surface area contributed by atoms with Crippen molar-refractivity contribution in [1.82, 2.24) is 19.6 Å². The SMILES string of the molecule is CCc1nn(C)c(N=Nc2c(CC)nn(C)c2N)c1C#N. The molecule has 2 rings (SSSR count). The minimum Gasteiger partial charge on any atom is -0.382 e. The maximum absolute atomic E-state index is 9.25. The Labute approximate surface area is 122 Å². The van der Waals surface area contributed by atoms with Gasteiger partial charge >= 0.3 is 0 Å². The van der Waals surface area contributed by atoms with Crippen LogP contribution in [-0.2, 0) is 26.9 Å². The van der Waals surface area contributed by atoms with Gasteiger partial charge in [0.2, 0.25) is 0 Å². The van der Waals surface area contributed by atoms with Crippen LogP contribution in [0.25, 0.3) is 0 Å². The van der Waals surface area contributed by atoms with Crippen LogP contribution in [0.2, 0.25) is 0 Å². The first-order valence-electron chi connectivity index (χ1n) is 6.72. The Bertz CT molecular complexity index is 728. The molecule has 0 spiro atoms. The van der Waals surface area contributed by atoms with Gasteiger partial charge in [0.05, 0.1) is 11.4 Å². The monoisotopic (exact) mass is 286 g/mol. The summed E-state index contributed by atoms with van der Waals surface area (Å²) in [6, 6.07) is 2.13. The van der Waals surface area contributed by atoms with Crippen LogP contribution in [0.3, 0.4) is 0 Å². The molecule has 0 aromatic carbocycles. The summed E-state index contributed by atoms with van der Waals surface area (Å²) in [4.78, 5) is 0. The van der Waals surface area contributed by atoms with Gasteiger partial charge in [-0.25, -0.2) is 4.68 Å². The second-order valence-electron chi connectivity index (χ2n) is 4.59. The predicted octanol–water partition coefficient (Wildman–Crippen LogP) is 2.15. The van der Waals surface area contributed by atoms with E-state index < -0.39 is 0 Å². The summed E-state index contributed by atoms with van der Waals surface area (Å²) in [5.74, 6) is 0.881. The molecule has 0 bridgehead atoms. The number of aryl methyl sites for hydroxylation is 4. The molecule has 0 amide bonds. The third-order valence-corrected chi connectivity index (χ3v) is 3.25. The molecule has 2 aromatic heterocycles. The Morgan fingerprint density at radius 1 is 1.10 bits per heavy atom. The van der Waals surface area contributed by atoms with Crippen molar-refractivity contribution in [3.63, 3.8) is 0 Å². The van der Waals surface area contributed by atoms with Crippen LogP contribution in [0, 0.1) is 11.3 Å². The summed E-state index contributed by atoms with van der Waals surface area (Å²) in [6.45, 7) is 3.92. The number of anilines is 1. The van der Waals surface area contributed by atoms with E-state index in [1.807, 2.05) is 13.8 Å². The van der Waals surface area contributed by atoms with Crippen LogP contribution in [0.4, 0.5) is 17.3 Å². The van der Waals surface area contributed by atoms with E-state index in [-0.39, 0.29) is 0 Å². The van der Waals surface area contributed by atoms with E-state index in [0.717, 1.165) is 5.69 Å². The van der Waals surface area contributed by atoms with Gasteiger partial charge in [0.15, 0.2) is 11.5 Å². The summed E-state index contributed by atoms with van der Waals surface area (Å²) in [6.07, 6.45) is 1.37. The number of nitrogens with zero attached hydrogens (tertiary/aromatic N) is 7. The number of nitrogen functional groups attached to an aromatic ring is 1. The van der Waals surface area contributed by atoms with Crippen molar-refractivity contribution in [2.75, 3.05) is 5.73 Å². The molecule has 2 heterocycles. The quantitative estimate of drug-likeness (QED) is 0.868. The highest BCUT2D eigenvalue weighted by Gasteiger charge is 2.16. The molecule has 8 heteroatoms. The maximum Gasteiger partial charge on any atom is 0.191 e. The standard InChI is InChI=1S/C13H18N8/c1-5-9-8(7-14)13(21(4)18-9)17-16-11-10(6-2)19-20(3)12(11)15/h5-6,15H2,1-4H3. The second-order valence-corrected chi connectivity index (χ2v) is 4.59. The highest BCUT2D eigenvalue weighted by atomic mass is 15.4. The normalized spacial score (nSPS) is 11.2. The minimum absolute atomic E-state index is 0.430. The van der Waals surface area contributed by atoms with Crippen molar-refractivity contribution in [1.29, 1.82) is 5.26 Å². The average Bonchev–Trinajstić information content (AvgIpc) is 2.94. The number of nitrogens with two attached hydrogens (primary N) is 1. The molecule has 0 aliphatic heterocycles. The molecule has 21 heavy (non-hydrogen) atoms. The lowest BCUT2D eigenvalue weighted by molar-refractivity contribution is 0.743. The molecular weight excluding hydrogens is 268 g/mol. The summed E-state index contributed by atoms with van der Waals surface area (Å²) in [7, 11) is 3.50. The highest BCUT2D eigenvalue weighted by molar-refractivity contribution is 5.61. The first-order chi connectivity index (χ1) is 10.0. The summed E-state index contributed by atoms with van der Waals surface area (Å²) in [5, 5.41) is 26.2. The van der Waals surface area contributed by atoms with Crippen molar-refractivity contribution >= 4 is 17.3 Å². The lowest BCUT2D eigenvalue weighted by Gasteiger charge is -1.96. The Kier molecular flexibility index (Phi) is 4.03. The molecule has 0 saturated carbocycles. The molecule has 110 valence electrons. The van der Waals surface area contributed by atoms with Crippen LogP contribution >= 0.6 is 0 Å². The molecule has 0 fully saturated rings. The maximum atomic E-state index is 9.25. The Hall–Kier alpha value is -2.69. The summed E-state index contributed by atoms with van der Waals surface area (Å²) in [5.41, 5.74) is 8.42. The third-order valence-electron chi connectivity index (χ3n) is 3.25. The van der Waals surface area contributed by atoms with Gasteiger partial charge in [-0.05, 0) is 12.8 Å². The van der Waals surface area contributed by atoms with Crippen LogP contribution < -0.4 is 5.73 Å². The number of rotatable bonds is 4. The van der Waals surface area contributed by atoms with E-state index in [0.29, 0.717) is 41.4 Å². The van der Waals surface area contributed by atoms with Gasteiger partial charge in [0, 0.05) is 14.1 Å². The summed E-state index contributed by atoms with van der Waals surface area (Å²) >= 11 is 0. The van der Waals surface area contributed by atoms with Crippen molar-refractivity contribution < 1.29 is 0 Å². The number of aromatic nitrogens is 4. The second kappa shape index (κ2) is 5.75. The smallest absolute Gasteiger partial charge is 0.191 e. The molecule has 0 radical (unpaired) electrons. The first kappa shape index (κ1) is 14.7. The Morgan fingerprint density at radius 2 is 1.71 bits per heavy atom. The molecule has 8 nitrogen and oxygen atoms in total. The topological polar surface area (TPSA) is 110 Å². The zero-order chi connectivity index (χ0) is 15.6. The lowest BCUT2D eigenvalue weighted by Crippen LogP contribution is -1.97. The van der Waals surface area contributed by atoms with Gasteiger partial charge in [0.25, 0.3) is 0 Å². The predicted molar refractivity (Wildman–Crippen MR) is 78.5 cm³/mol. The molecule has 0 aliphatic carbocycles. The Morgan fingerprint density at radius 3 is 2.29 bits per heavy atom. The largest absolute Gasteiger partial charge is 0.382 e. The molecular formula is C13H18N8. The van der Waals surface area contributed by atoms with Crippen molar-refractivity contribution in [3.8, 4) is 6.07 Å². The molecule has 2 N–H and O–H groups in total. The zero-order valence-electron chi connectivity index (χ0n) is 12.6. The van der Waals surface area contributed by atoms with E-state index in [2.05, 4.69) is 26.5 Å². The minimum atomic E-state index is 0.430. The van der Waals surface area contributed by atoms with Crippen molar-refractivity contribution in [2.24, 2.45) is 24.3 Å². The van der Waals surface area contributed by atoms with Gasteiger partial charge in [-0.2, -0.15) is 15.5 Å². The van der Waals surface area contributed by atoms with Crippen LogP contribution in [0.5, 0.6) is 0 Å². The first-order valence-corrected chi connectivity index (χ1v) is 6.72. The number of azo groups is 1. The van der Waals surface area contributed by atoms with Gasteiger partial charge in [-0.3, -0.25) is 4.68 Å². The van der Waals surface area contributed by atoms with Gasteiger partial charge in [-0.1, -0.05) is 13.8 Å². The molecule has 0 atom stereocenters. The number of hydrogen-bond acceptors (Lipinski definition) is 6. The fourth-order valence-electron chi connectivity index (χ4n) is 2.07. The summed E-state index contributed by atoms with van der Waals surface area (Å²) < 4.78 is 3.12. The van der Waals surface area contributed by atoms with E-state index in [1.165, 1.54) is 0 Å². The Balaban J connectivity index is 2.48. The lowest BCUT2D eigenvalue weighted by atomic mass is 10.2. The van der Waals surface area contributed by atoms with E-state index in [4.69, 9.17) is 5.73 Å². The molecule has 0 saturated heterocycles. The van der Waals surface area contributed by atoms with E-state index >= 15 is 0 Å². The number of nitriles is 1. The fraction of sp³-hybridized carbons (Fsp3) is 0.462. The van der Waals surface area contributed by atoms with Crippen LogP contribution in [0.15, 0.2) is 10.2 Å². The van der Waals surface area contributed by atoms with Crippen molar-refractivity contribution in [2.45, 2.75) is 26.7 Å². The fourth-order valence-corrected chi connectivity index (χ4v) is 2.07. The average molecular weight is 286 g/mol. The van der Waals surface area contributed by atoms with E-state index in [1.54, 1.807) is 23.5 Å². The van der Waals surface area contributed by atoms with Gasteiger partial charge < -0.3 is 5.73 Å². The number of hydrogen-bond donors (Lipinski definition) is 1. The van der Waals surface area contributed by atoms with Crippen molar-refractivity contribution in [3.05, 3.63) is 17.0 Å². The molecule has 0 unspecified atom stereocenters. The van der Waals surface area contributed by atoms with E-state index in [9.17, 15) is 5.26 Å². The molecule has 0 aliphatic rings. The highest BCUT2D eigenvalue weighted by Crippen LogP contribution is 2.30. The van der Waals surface area contributed by atoms with Gasteiger partial charge in [-0.15, -0.1) is 10.2 Å².